The summed E-state index contributed by atoms with van der Waals surface area (Å²) in [6.07, 6.45) is 5.16. The molecule has 1 rings (SSSR count). The largest absolute Gasteiger partial charge is 0.379 e. The van der Waals surface area contributed by atoms with E-state index in [0.29, 0.717) is 6.54 Å². The number of guanidine groups is 1. The fourth-order valence-corrected chi connectivity index (χ4v) is 1.51. The predicted octanol–water partition coefficient (Wildman–Crippen LogP) is -0.883. The van der Waals surface area contributed by atoms with E-state index < -0.39 is 0 Å². The second-order valence-electron chi connectivity index (χ2n) is 3.51. The standard InChI is InChI=1S/C11H20N4O/c1-3-4-13-11(12-2)14-5-6-15-7-9-16-10-8-15/h1H,4-10H2,2H3,(H2,12,13,14). The van der Waals surface area contributed by atoms with Crippen molar-refractivity contribution in [3.63, 3.8) is 0 Å². The van der Waals surface area contributed by atoms with Gasteiger partial charge in [-0.1, -0.05) is 5.92 Å². The normalized spacial score (nSPS) is 17.9. The van der Waals surface area contributed by atoms with Crippen molar-refractivity contribution in [1.29, 1.82) is 0 Å². The van der Waals surface area contributed by atoms with Gasteiger partial charge in [0, 0.05) is 33.2 Å². The Kier molecular flexibility index (Phi) is 6.38. The molecule has 0 amide bonds. The SMILES string of the molecule is C#CCNC(=NC)NCCN1CCOCC1. The van der Waals surface area contributed by atoms with Gasteiger partial charge in [-0.25, -0.2) is 0 Å². The Bertz CT molecular complexity index is 253. The smallest absolute Gasteiger partial charge is 0.191 e. The highest BCUT2D eigenvalue weighted by molar-refractivity contribution is 5.79. The summed E-state index contributed by atoms with van der Waals surface area (Å²) in [5, 5.41) is 6.23. The monoisotopic (exact) mass is 224 g/mol. The molecule has 5 nitrogen and oxygen atoms in total. The lowest BCUT2D eigenvalue weighted by atomic mass is 10.4. The minimum atomic E-state index is 0.497. The summed E-state index contributed by atoms with van der Waals surface area (Å²) in [7, 11) is 1.74. The molecule has 2 N–H and O–H groups in total. The second-order valence-corrected chi connectivity index (χ2v) is 3.51. The number of hydrogen-bond donors (Lipinski definition) is 2. The predicted molar refractivity (Wildman–Crippen MR) is 65.5 cm³/mol. The average Bonchev–Trinajstić information content (AvgIpc) is 2.35. The van der Waals surface area contributed by atoms with Gasteiger partial charge >= 0.3 is 0 Å². The maximum atomic E-state index is 5.28. The van der Waals surface area contributed by atoms with Crippen molar-refractivity contribution >= 4 is 5.96 Å². The van der Waals surface area contributed by atoms with Crippen molar-refractivity contribution in [3.8, 4) is 12.3 Å². The van der Waals surface area contributed by atoms with Crippen LogP contribution in [-0.2, 0) is 4.74 Å². The van der Waals surface area contributed by atoms with Crippen LogP contribution in [0.2, 0.25) is 0 Å². The minimum absolute atomic E-state index is 0.497. The van der Waals surface area contributed by atoms with Crippen molar-refractivity contribution < 1.29 is 4.74 Å². The van der Waals surface area contributed by atoms with Gasteiger partial charge < -0.3 is 15.4 Å². The van der Waals surface area contributed by atoms with Crippen molar-refractivity contribution in [2.24, 2.45) is 4.99 Å². The van der Waals surface area contributed by atoms with Gasteiger partial charge in [0.05, 0.1) is 19.8 Å². The third-order valence-electron chi connectivity index (χ3n) is 2.41. The fraction of sp³-hybridized carbons (Fsp3) is 0.727. The van der Waals surface area contributed by atoms with Crippen LogP contribution >= 0.6 is 0 Å². The van der Waals surface area contributed by atoms with E-state index in [1.165, 1.54) is 0 Å². The zero-order valence-corrected chi connectivity index (χ0v) is 9.83. The molecule has 1 aliphatic heterocycles. The quantitative estimate of drug-likeness (QED) is 0.370. The van der Waals surface area contributed by atoms with Gasteiger partial charge in [-0.15, -0.1) is 6.42 Å². The first kappa shape index (κ1) is 12.8. The Morgan fingerprint density at radius 1 is 1.44 bits per heavy atom. The van der Waals surface area contributed by atoms with Crippen LogP contribution in [-0.4, -0.2) is 63.8 Å². The van der Waals surface area contributed by atoms with E-state index in [9.17, 15) is 0 Å². The van der Waals surface area contributed by atoms with Gasteiger partial charge in [-0.2, -0.15) is 0 Å². The zero-order valence-electron chi connectivity index (χ0n) is 9.83. The Hall–Kier alpha value is -1.25. The zero-order chi connectivity index (χ0) is 11.6. The Morgan fingerprint density at radius 3 is 2.81 bits per heavy atom. The maximum Gasteiger partial charge on any atom is 0.191 e. The third-order valence-corrected chi connectivity index (χ3v) is 2.41. The molecule has 0 spiro atoms. The Morgan fingerprint density at radius 2 is 2.19 bits per heavy atom. The molecule has 0 unspecified atom stereocenters. The molecular formula is C11H20N4O. The highest BCUT2D eigenvalue weighted by Gasteiger charge is 2.09. The topological polar surface area (TPSA) is 48.9 Å². The van der Waals surface area contributed by atoms with E-state index in [-0.39, 0.29) is 0 Å². The number of nitrogens with zero attached hydrogens (tertiary/aromatic N) is 2. The van der Waals surface area contributed by atoms with Gasteiger partial charge in [0.25, 0.3) is 0 Å². The molecule has 0 saturated carbocycles. The molecule has 0 aliphatic carbocycles. The molecule has 1 saturated heterocycles. The Labute approximate surface area is 97.3 Å². The van der Waals surface area contributed by atoms with Gasteiger partial charge in [0.15, 0.2) is 5.96 Å². The number of hydrogen-bond acceptors (Lipinski definition) is 3. The van der Waals surface area contributed by atoms with E-state index in [1.807, 2.05) is 0 Å². The highest BCUT2D eigenvalue weighted by Crippen LogP contribution is 1.94. The van der Waals surface area contributed by atoms with Crippen molar-refractivity contribution in [2.75, 3.05) is 53.0 Å². The Balaban J connectivity index is 2.10. The first-order chi connectivity index (χ1) is 7.86. The van der Waals surface area contributed by atoms with Crippen molar-refractivity contribution in [1.82, 2.24) is 15.5 Å². The summed E-state index contributed by atoms with van der Waals surface area (Å²) in [5.74, 6) is 3.27. The second kappa shape index (κ2) is 7.97. The molecule has 0 aromatic heterocycles. The number of nitrogens with one attached hydrogen (secondary N) is 2. The van der Waals surface area contributed by atoms with Crippen LogP contribution in [0.3, 0.4) is 0 Å². The number of aliphatic imine (C=N–C) groups is 1. The molecule has 90 valence electrons. The van der Waals surface area contributed by atoms with Crippen LogP contribution in [0.25, 0.3) is 0 Å². The molecule has 1 aliphatic rings. The fourth-order valence-electron chi connectivity index (χ4n) is 1.51. The number of ether oxygens (including phenoxy) is 1. The molecule has 0 radical (unpaired) electrons. The van der Waals surface area contributed by atoms with Crippen LogP contribution in [0.5, 0.6) is 0 Å². The lowest BCUT2D eigenvalue weighted by Crippen LogP contribution is -2.44. The summed E-state index contributed by atoms with van der Waals surface area (Å²) in [6.45, 7) is 6.06. The molecule has 0 aromatic rings. The summed E-state index contributed by atoms with van der Waals surface area (Å²) < 4.78 is 5.28. The molecule has 0 bridgehead atoms. The number of terminal acetylenes is 1. The van der Waals surface area contributed by atoms with Gasteiger partial charge in [-0.3, -0.25) is 9.89 Å². The first-order valence-electron chi connectivity index (χ1n) is 5.55. The number of morpholine rings is 1. The average molecular weight is 224 g/mol. The van der Waals surface area contributed by atoms with Gasteiger partial charge in [0.2, 0.25) is 0 Å². The highest BCUT2D eigenvalue weighted by atomic mass is 16.5. The molecular weight excluding hydrogens is 204 g/mol. The summed E-state index contributed by atoms with van der Waals surface area (Å²) in [5.41, 5.74) is 0. The maximum absolute atomic E-state index is 5.28. The van der Waals surface area contributed by atoms with Gasteiger partial charge in [-0.05, 0) is 0 Å². The molecule has 1 heterocycles. The molecule has 5 heteroatoms. The first-order valence-corrected chi connectivity index (χ1v) is 5.55. The summed E-state index contributed by atoms with van der Waals surface area (Å²) >= 11 is 0. The van der Waals surface area contributed by atoms with Crippen molar-refractivity contribution in [3.05, 3.63) is 0 Å². The van der Waals surface area contributed by atoms with Gasteiger partial charge in [0.1, 0.15) is 0 Å². The minimum Gasteiger partial charge on any atom is -0.379 e. The van der Waals surface area contributed by atoms with Crippen LogP contribution in [0, 0.1) is 12.3 Å². The summed E-state index contributed by atoms with van der Waals surface area (Å²) in [4.78, 5) is 6.43. The molecule has 0 atom stereocenters. The van der Waals surface area contributed by atoms with E-state index >= 15 is 0 Å². The van der Waals surface area contributed by atoms with Crippen LogP contribution < -0.4 is 10.6 Å². The van der Waals surface area contributed by atoms with E-state index in [0.717, 1.165) is 45.4 Å². The number of rotatable bonds is 4. The molecule has 0 aromatic carbocycles. The van der Waals surface area contributed by atoms with E-state index in [4.69, 9.17) is 11.2 Å². The van der Waals surface area contributed by atoms with Crippen molar-refractivity contribution in [2.45, 2.75) is 0 Å². The third kappa shape index (κ3) is 5.01. The molecule has 1 fully saturated rings. The van der Waals surface area contributed by atoms with E-state index in [2.05, 4.69) is 26.4 Å². The molecule has 16 heavy (non-hydrogen) atoms. The lowest BCUT2D eigenvalue weighted by molar-refractivity contribution is 0.0389. The van der Waals surface area contributed by atoms with Crippen LogP contribution in [0.15, 0.2) is 4.99 Å². The van der Waals surface area contributed by atoms with E-state index in [1.54, 1.807) is 7.05 Å². The van der Waals surface area contributed by atoms with Crippen LogP contribution in [0.4, 0.5) is 0 Å². The summed E-state index contributed by atoms with van der Waals surface area (Å²) in [6, 6.07) is 0. The van der Waals surface area contributed by atoms with Crippen LogP contribution in [0.1, 0.15) is 0 Å². The lowest BCUT2D eigenvalue weighted by Gasteiger charge is -2.26.